The maximum atomic E-state index is 12.8. The second kappa shape index (κ2) is 6.78. The van der Waals surface area contributed by atoms with Crippen molar-refractivity contribution in [2.45, 2.75) is 38.0 Å². The lowest BCUT2D eigenvalue weighted by atomic mass is 9.83. The molecule has 6 heteroatoms. The second-order valence-electron chi connectivity index (χ2n) is 6.77. The van der Waals surface area contributed by atoms with Crippen molar-refractivity contribution < 1.29 is 22.6 Å². The molecule has 0 fully saturated rings. The second-order valence-corrected chi connectivity index (χ2v) is 8.19. The van der Waals surface area contributed by atoms with Crippen molar-refractivity contribution in [1.29, 1.82) is 0 Å². The number of ketones is 2. The molecule has 136 valence electrons. The van der Waals surface area contributed by atoms with E-state index in [1.807, 2.05) is 6.07 Å². The molecule has 2 aromatic rings. The van der Waals surface area contributed by atoms with Crippen LogP contribution in [0.4, 0.5) is 0 Å². The Morgan fingerprint density at radius 3 is 2.08 bits per heavy atom. The van der Waals surface area contributed by atoms with E-state index in [1.165, 1.54) is 6.07 Å². The van der Waals surface area contributed by atoms with Crippen molar-refractivity contribution in [2.24, 2.45) is 5.92 Å². The minimum atomic E-state index is -4.44. The minimum Gasteiger partial charge on any atom is -0.289 e. The number of fused-ring (bicyclic) bond motifs is 2. The predicted octanol–water partition coefficient (Wildman–Crippen LogP) is 3.69. The van der Waals surface area contributed by atoms with E-state index in [-0.39, 0.29) is 22.5 Å². The summed E-state index contributed by atoms with van der Waals surface area (Å²) in [6, 6.07) is 8.71. The maximum Gasteiger partial charge on any atom is 0.294 e. The fourth-order valence-corrected chi connectivity index (χ4v) is 3.62. The molecule has 0 amide bonds. The number of carbonyl (C=O) groups excluding carboxylic acids is 2. The van der Waals surface area contributed by atoms with Gasteiger partial charge in [0.15, 0.2) is 11.6 Å². The lowest BCUT2D eigenvalue weighted by Crippen LogP contribution is -2.21. The molecule has 0 aliphatic heterocycles. The van der Waals surface area contributed by atoms with Crippen LogP contribution in [0.15, 0.2) is 41.3 Å². The summed E-state index contributed by atoms with van der Waals surface area (Å²) in [6.45, 7) is 4.31. The first-order chi connectivity index (χ1) is 12.2. The predicted molar refractivity (Wildman–Crippen MR) is 97.3 cm³/mol. The van der Waals surface area contributed by atoms with E-state index in [9.17, 15) is 22.6 Å². The summed E-state index contributed by atoms with van der Waals surface area (Å²) in [5.74, 6) is -0.126. The Morgan fingerprint density at radius 1 is 0.923 bits per heavy atom. The third kappa shape index (κ3) is 3.34. The van der Waals surface area contributed by atoms with Gasteiger partial charge in [0.25, 0.3) is 10.1 Å². The Balaban J connectivity index is 2.01. The van der Waals surface area contributed by atoms with Gasteiger partial charge in [-0.05, 0) is 48.6 Å². The lowest BCUT2D eigenvalue weighted by molar-refractivity contribution is 0.0978. The van der Waals surface area contributed by atoms with E-state index in [0.717, 1.165) is 37.0 Å². The van der Waals surface area contributed by atoms with E-state index in [1.54, 1.807) is 12.1 Å². The molecule has 1 aliphatic rings. The maximum absolute atomic E-state index is 12.8. The molecule has 0 spiro atoms. The standard InChI is InChI=1S/C20H20O5S/c1-3-12(2)4-5-13-6-8-15-17(10-13)19(21)16-9-7-14(26(23,24)25)11-18(16)20(15)22/h6-12H,3-5H2,1-2H3,(H,23,24,25). The third-order valence-electron chi connectivity index (χ3n) is 4.97. The molecule has 0 radical (unpaired) electrons. The van der Waals surface area contributed by atoms with Crippen molar-refractivity contribution in [2.75, 3.05) is 0 Å². The van der Waals surface area contributed by atoms with Crippen LogP contribution in [0.1, 0.15) is 64.1 Å². The number of hydrogen-bond donors (Lipinski definition) is 1. The molecule has 0 heterocycles. The zero-order valence-corrected chi connectivity index (χ0v) is 15.5. The molecule has 0 bridgehead atoms. The van der Waals surface area contributed by atoms with Crippen molar-refractivity contribution in [3.63, 3.8) is 0 Å². The van der Waals surface area contributed by atoms with E-state index in [2.05, 4.69) is 13.8 Å². The van der Waals surface area contributed by atoms with Crippen LogP contribution in [-0.4, -0.2) is 24.5 Å². The van der Waals surface area contributed by atoms with Crippen LogP contribution >= 0.6 is 0 Å². The van der Waals surface area contributed by atoms with Crippen LogP contribution in [0.25, 0.3) is 0 Å². The molecule has 1 atom stereocenters. The highest BCUT2D eigenvalue weighted by molar-refractivity contribution is 7.85. The van der Waals surface area contributed by atoms with Gasteiger partial charge in [0.1, 0.15) is 0 Å². The topological polar surface area (TPSA) is 88.5 Å². The molecule has 5 nitrogen and oxygen atoms in total. The van der Waals surface area contributed by atoms with Crippen molar-refractivity contribution in [3.8, 4) is 0 Å². The Kier molecular flexibility index (Phi) is 4.82. The molecule has 0 aromatic heterocycles. The Hall–Kier alpha value is -2.31. The van der Waals surface area contributed by atoms with Crippen LogP contribution in [0.3, 0.4) is 0 Å². The van der Waals surface area contributed by atoms with Gasteiger partial charge in [-0.25, -0.2) is 0 Å². The number of aryl methyl sites for hydroxylation is 1. The normalized spacial score (nSPS) is 14.7. The van der Waals surface area contributed by atoms with Gasteiger partial charge in [0.2, 0.25) is 0 Å². The molecular formula is C20H20O5S. The molecule has 0 saturated heterocycles. The van der Waals surface area contributed by atoms with E-state index < -0.39 is 20.8 Å². The van der Waals surface area contributed by atoms with Crippen LogP contribution < -0.4 is 0 Å². The molecule has 26 heavy (non-hydrogen) atoms. The summed E-state index contributed by atoms with van der Waals surface area (Å²) in [5, 5.41) is 0. The van der Waals surface area contributed by atoms with Crippen molar-refractivity contribution >= 4 is 21.7 Å². The zero-order chi connectivity index (χ0) is 19.1. The molecule has 0 saturated carbocycles. The van der Waals surface area contributed by atoms with E-state index in [4.69, 9.17) is 0 Å². The Labute approximate surface area is 152 Å². The highest BCUT2D eigenvalue weighted by atomic mass is 32.2. The first kappa shape index (κ1) is 18.5. The van der Waals surface area contributed by atoms with Crippen LogP contribution in [-0.2, 0) is 16.5 Å². The number of carbonyl (C=O) groups is 2. The smallest absolute Gasteiger partial charge is 0.289 e. The lowest BCUT2D eigenvalue weighted by Gasteiger charge is -2.19. The average molecular weight is 372 g/mol. The van der Waals surface area contributed by atoms with Crippen molar-refractivity contribution in [1.82, 2.24) is 0 Å². The summed E-state index contributed by atoms with van der Waals surface area (Å²) >= 11 is 0. The largest absolute Gasteiger partial charge is 0.294 e. The molecule has 1 aliphatic carbocycles. The monoisotopic (exact) mass is 372 g/mol. The van der Waals surface area contributed by atoms with Gasteiger partial charge in [0, 0.05) is 22.3 Å². The van der Waals surface area contributed by atoms with Gasteiger partial charge in [0.05, 0.1) is 4.90 Å². The number of hydrogen-bond acceptors (Lipinski definition) is 4. The number of rotatable bonds is 5. The zero-order valence-electron chi connectivity index (χ0n) is 14.7. The highest BCUT2D eigenvalue weighted by Crippen LogP contribution is 2.30. The summed E-state index contributed by atoms with van der Waals surface area (Å²) in [5.41, 5.74) is 1.79. The average Bonchev–Trinajstić information content (AvgIpc) is 2.62. The molecule has 3 rings (SSSR count). The summed E-state index contributed by atoms with van der Waals surface area (Å²) < 4.78 is 31.8. The first-order valence-corrected chi connectivity index (χ1v) is 10.00. The molecule has 1 unspecified atom stereocenters. The molecular weight excluding hydrogens is 352 g/mol. The minimum absolute atomic E-state index is 0.00461. The van der Waals surface area contributed by atoms with Gasteiger partial charge >= 0.3 is 0 Å². The van der Waals surface area contributed by atoms with Gasteiger partial charge < -0.3 is 0 Å². The summed E-state index contributed by atoms with van der Waals surface area (Å²) in [4.78, 5) is 25.1. The van der Waals surface area contributed by atoms with Crippen LogP contribution in [0, 0.1) is 5.92 Å². The Bertz CT molecular complexity index is 1000. The van der Waals surface area contributed by atoms with Gasteiger partial charge in [-0.1, -0.05) is 32.4 Å². The number of benzene rings is 2. The third-order valence-corrected chi connectivity index (χ3v) is 5.82. The van der Waals surface area contributed by atoms with Crippen molar-refractivity contribution in [3.05, 3.63) is 64.2 Å². The first-order valence-electron chi connectivity index (χ1n) is 8.56. The summed E-state index contributed by atoms with van der Waals surface area (Å²) in [6.07, 6.45) is 2.93. The van der Waals surface area contributed by atoms with Gasteiger partial charge in [-0.15, -0.1) is 0 Å². The highest BCUT2D eigenvalue weighted by Gasteiger charge is 2.31. The fourth-order valence-electron chi connectivity index (χ4n) is 3.11. The molecule has 2 aromatic carbocycles. The van der Waals surface area contributed by atoms with Crippen LogP contribution in [0.5, 0.6) is 0 Å². The summed E-state index contributed by atoms with van der Waals surface area (Å²) in [7, 11) is -4.44. The molecule has 1 N–H and O–H groups in total. The Morgan fingerprint density at radius 2 is 1.50 bits per heavy atom. The quantitative estimate of drug-likeness (QED) is 0.690. The SMILES string of the molecule is CCC(C)CCc1ccc2c(c1)C(=O)c1ccc(S(=O)(=O)O)cc1C2=O. The van der Waals surface area contributed by atoms with Crippen LogP contribution in [0.2, 0.25) is 0 Å². The van der Waals surface area contributed by atoms with E-state index in [0.29, 0.717) is 11.5 Å². The van der Waals surface area contributed by atoms with Gasteiger partial charge in [-0.2, -0.15) is 8.42 Å². The fraction of sp³-hybridized carbons (Fsp3) is 0.300. The van der Waals surface area contributed by atoms with E-state index >= 15 is 0 Å². The van der Waals surface area contributed by atoms with Gasteiger partial charge in [-0.3, -0.25) is 14.1 Å².